The molecule has 2 aromatic rings. The lowest BCUT2D eigenvalue weighted by atomic mass is 10.1. The van der Waals surface area contributed by atoms with Gasteiger partial charge < -0.3 is 10.3 Å². The van der Waals surface area contributed by atoms with E-state index in [-0.39, 0.29) is 0 Å². The van der Waals surface area contributed by atoms with Crippen molar-refractivity contribution in [2.75, 3.05) is 5.73 Å². The van der Waals surface area contributed by atoms with Crippen LogP contribution in [0.4, 0.5) is 5.82 Å². The lowest BCUT2D eigenvalue weighted by molar-refractivity contribution is 0.771. The molecule has 0 radical (unpaired) electrons. The van der Waals surface area contributed by atoms with Crippen molar-refractivity contribution in [2.45, 2.75) is 12.8 Å². The van der Waals surface area contributed by atoms with Crippen LogP contribution in [0.25, 0.3) is 0 Å². The van der Waals surface area contributed by atoms with Crippen molar-refractivity contribution >= 4 is 5.82 Å². The number of nitrogens with two attached hydrogens (primary N) is 1. The summed E-state index contributed by atoms with van der Waals surface area (Å²) in [7, 11) is 1.98. The minimum atomic E-state index is 0.598. The highest BCUT2D eigenvalue weighted by molar-refractivity contribution is 5.26. The molecule has 2 rings (SSSR count). The molecule has 1 aromatic carbocycles. The van der Waals surface area contributed by atoms with Crippen molar-refractivity contribution < 1.29 is 0 Å². The molecular weight excluding hydrogens is 186 g/mol. The molecule has 0 atom stereocenters. The van der Waals surface area contributed by atoms with Gasteiger partial charge in [0.05, 0.1) is 0 Å². The van der Waals surface area contributed by atoms with E-state index in [0.717, 1.165) is 18.7 Å². The number of imidazole rings is 1. The molecule has 0 saturated carbocycles. The molecule has 1 heterocycles. The van der Waals surface area contributed by atoms with E-state index in [1.165, 1.54) is 5.56 Å². The van der Waals surface area contributed by atoms with E-state index in [4.69, 9.17) is 5.73 Å². The molecule has 2 N–H and O–H groups in total. The van der Waals surface area contributed by atoms with Crippen LogP contribution in [0, 0.1) is 0 Å². The van der Waals surface area contributed by atoms with Crippen LogP contribution in [-0.2, 0) is 19.9 Å². The second kappa shape index (κ2) is 4.17. The summed E-state index contributed by atoms with van der Waals surface area (Å²) in [6.45, 7) is 0. The Kier molecular flexibility index (Phi) is 2.72. The van der Waals surface area contributed by atoms with E-state index >= 15 is 0 Å². The average Bonchev–Trinajstić information content (AvgIpc) is 2.56. The lowest BCUT2D eigenvalue weighted by Crippen LogP contribution is -1.99. The van der Waals surface area contributed by atoms with Crippen LogP contribution in [0.3, 0.4) is 0 Å². The molecule has 0 aliphatic rings. The number of nitrogen functional groups attached to an aromatic ring is 1. The summed E-state index contributed by atoms with van der Waals surface area (Å²) >= 11 is 0. The third kappa shape index (κ3) is 2.37. The summed E-state index contributed by atoms with van der Waals surface area (Å²) in [6, 6.07) is 10.4. The summed E-state index contributed by atoms with van der Waals surface area (Å²) in [5.74, 6) is 1.64. The van der Waals surface area contributed by atoms with Gasteiger partial charge in [0.1, 0.15) is 11.6 Å². The number of anilines is 1. The van der Waals surface area contributed by atoms with E-state index in [1.54, 1.807) is 0 Å². The topological polar surface area (TPSA) is 43.8 Å². The van der Waals surface area contributed by atoms with Crippen LogP contribution in [0.1, 0.15) is 11.4 Å². The predicted octanol–water partition coefficient (Wildman–Crippen LogP) is 1.79. The predicted molar refractivity (Wildman–Crippen MR) is 61.5 cm³/mol. The Hall–Kier alpha value is -1.77. The quantitative estimate of drug-likeness (QED) is 0.822. The maximum atomic E-state index is 5.62. The van der Waals surface area contributed by atoms with E-state index in [2.05, 4.69) is 29.2 Å². The van der Waals surface area contributed by atoms with Crippen molar-refractivity contribution in [3.8, 4) is 0 Å². The SMILES string of the molecule is Cn1cc(N)nc1CCc1ccccc1. The van der Waals surface area contributed by atoms with Gasteiger partial charge in [-0.25, -0.2) is 4.98 Å². The fourth-order valence-electron chi connectivity index (χ4n) is 1.66. The minimum Gasteiger partial charge on any atom is -0.382 e. The Morgan fingerprint density at radius 1 is 1.20 bits per heavy atom. The number of aromatic nitrogens is 2. The number of hydrogen-bond donors (Lipinski definition) is 1. The van der Waals surface area contributed by atoms with Crippen LogP contribution in [0.5, 0.6) is 0 Å². The number of benzene rings is 1. The highest BCUT2D eigenvalue weighted by Crippen LogP contribution is 2.07. The summed E-state index contributed by atoms with van der Waals surface area (Å²) < 4.78 is 1.98. The Labute approximate surface area is 89.6 Å². The van der Waals surface area contributed by atoms with E-state index < -0.39 is 0 Å². The molecule has 0 unspecified atom stereocenters. The van der Waals surface area contributed by atoms with Crippen molar-refractivity contribution in [2.24, 2.45) is 7.05 Å². The zero-order chi connectivity index (χ0) is 10.7. The van der Waals surface area contributed by atoms with Gasteiger partial charge in [-0.3, -0.25) is 0 Å². The highest BCUT2D eigenvalue weighted by Gasteiger charge is 2.02. The Morgan fingerprint density at radius 2 is 1.93 bits per heavy atom. The Balaban J connectivity index is 2.02. The highest BCUT2D eigenvalue weighted by atomic mass is 15.1. The summed E-state index contributed by atoms with van der Waals surface area (Å²) in [4.78, 5) is 4.27. The first-order valence-electron chi connectivity index (χ1n) is 5.07. The van der Waals surface area contributed by atoms with Crippen LogP contribution in [0.15, 0.2) is 36.5 Å². The summed E-state index contributed by atoms with van der Waals surface area (Å²) in [6.07, 6.45) is 3.78. The van der Waals surface area contributed by atoms with Gasteiger partial charge in [-0.15, -0.1) is 0 Å². The maximum absolute atomic E-state index is 5.62. The summed E-state index contributed by atoms with van der Waals surface area (Å²) in [5, 5.41) is 0. The zero-order valence-corrected chi connectivity index (χ0v) is 8.85. The first-order chi connectivity index (χ1) is 7.25. The minimum absolute atomic E-state index is 0.598. The Morgan fingerprint density at radius 3 is 2.53 bits per heavy atom. The standard InChI is InChI=1S/C12H15N3/c1-15-9-11(13)14-12(15)8-7-10-5-3-2-4-6-10/h2-6,9H,7-8,13H2,1H3. The van der Waals surface area contributed by atoms with Gasteiger partial charge in [0.15, 0.2) is 0 Å². The van der Waals surface area contributed by atoms with Crippen LogP contribution in [-0.4, -0.2) is 9.55 Å². The molecule has 0 aliphatic carbocycles. The number of hydrogen-bond acceptors (Lipinski definition) is 2. The molecule has 1 aromatic heterocycles. The Bertz CT molecular complexity index is 431. The van der Waals surface area contributed by atoms with Gasteiger partial charge in [0.25, 0.3) is 0 Å². The van der Waals surface area contributed by atoms with Gasteiger partial charge in [-0.2, -0.15) is 0 Å². The molecule has 15 heavy (non-hydrogen) atoms. The van der Waals surface area contributed by atoms with Crippen molar-refractivity contribution in [3.63, 3.8) is 0 Å². The van der Waals surface area contributed by atoms with E-state index in [9.17, 15) is 0 Å². The van der Waals surface area contributed by atoms with E-state index in [1.807, 2.05) is 23.9 Å². The largest absolute Gasteiger partial charge is 0.382 e. The molecule has 0 fully saturated rings. The second-order valence-electron chi connectivity index (χ2n) is 3.68. The molecule has 0 saturated heterocycles. The van der Waals surface area contributed by atoms with Gasteiger partial charge in [0, 0.05) is 19.7 Å². The van der Waals surface area contributed by atoms with Gasteiger partial charge in [-0.1, -0.05) is 30.3 Å². The molecule has 78 valence electrons. The third-order valence-corrected chi connectivity index (χ3v) is 2.47. The first kappa shape index (κ1) is 9.77. The van der Waals surface area contributed by atoms with Crippen LogP contribution < -0.4 is 5.73 Å². The molecule has 3 nitrogen and oxygen atoms in total. The van der Waals surface area contributed by atoms with Crippen molar-refractivity contribution in [1.82, 2.24) is 9.55 Å². The third-order valence-electron chi connectivity index (χ3n) is 2.47. The normalized spacial score (nSPS) is 10.5. The molecule has 3 heteroatoms. The van der Waals surface area contributed by atoms with Crippen molar-refractivity contribution in [1.29, 1.82) is 0 Å². The second-order valence-corrected chi connectivity index (χ2v) is 3.68. The molecule has 0 bridgehead atoms. The number of rotatable bonds is 3. The number of aryl methyl sites for hydroxylation is 3. The molecule has 0 amide bonds. The molecule has 0 spiro atoms. The number of nitrogens with zero attached hydrogens (tertiary/aromatic N) is 2. The first-order valence-corrected chi connectivity index (χ1v) is 5.07. The smallest absolute Gasteiger partial charge is 0.141 e. The maximum Gasteiger partial charge on any atom is 0.141 e. The van der Waals surface area contributed by atoms with Gasteiger partial charge >= 0.3 is 0 Å². The molecule has 0 aliphatic heterocycles. The van der Waals surface area contributed by atoms with E-state index in [0.29, 0.717) is 5.82 Å². The van der Waals surface area contributed by atoms with Gasteiger partial charge in [-0.05, 0) is 12.0 Å². The zero-order valence-electron chi connectivity index (χ0n) is 8.85. The lowest BCUT2D eigenvalue weighted by Gasteiger charge is -2.01. The van der Waals surface area contributed by atoms with Crippen molar-refractivity contribution in [3.05, 3.63) is 47.9 Å². The fourth-order valence-corrected chi connectivity index (χ4v) is 1.66. The van der Waals surface area contributed by atoms with Crippen LogP contribution in [0.2, 0.25) is 0 Å². The van der Waals surface area contributed by atoms with Gasteiger partial charge in [0.2, 0.25) is 0 Å². The average molecular weight is 201 g/mol. The van der Waals surface area contributed by atoms with Crippen LogP contribution >= 0.6 is 0 Å². The fraction of sp³-hybridized carbons (Fsp3) is 0.250. The summed E-state index contributed by atoms with van der Waals surface area (Å²) in [5.41, 5.74) is 6.95. The monoisotopic (exact) mass is 201 g/mol. The molecular formula is C12H15N3.